The molecule has 4 N–H and O–H groups in total. The fourth-order valence-corrected chi connectivity index (χ4v) is 2.85. The van der Waals surface area contributed by atoms with Crippen LogP contribution in [0.25, 0.3) is 0 Å². The molecule has 0 fully saturated rings. The Balaban J connectivity index is 2.14. The molecule has 2 aromatic carbocycles. The Labute approximate surface area is 137 Å². The number of rotatable bonds is 3. The lowest BCUT2D eigenvalue weighted by Crippen LogP contribution is -2.49. The lowest BCUT2D eigenvalue weighted by Gasteiger charge is -2.38. The summed E-state index contributed by atoms with van der Waals surface area (Å²) in [6.07, 6.45) is -0.747. The van der Waals surface area contributed by atoms with Gasteiger partial charge in [-0.2, -0.15) is 0 Å². The van der Waals surface area contributed by atoms with E-state index in [0.29, 0.717) is 21.8 Å². The van der Waals surface area contributed by atoms with Crippen LogP contribution in [0, 0.1) is 0 Å². The number of nitrogens with zero attached hydrogens (tertiary/aromatic N) is 1. The van der Waals surface area contributed by atoms with Gasteiger partial charge in [-0.25, -0.2) is 0 Å². The van der Waals surface area contributed by atoms with Crippen molar-refractivity contribution in [1.29, 1.82) is 0 Å². The van der Waals surface area contributed by atoms with Crippen molar-refractivity contribution in [2.45, 2.75) is 6.17 Å². The second-order valence-electron chi connectivity index (χ2n) is 5.19. The van der Waals surface area contributed by atoms with E-state index in [4.69, 9.17) is 17.3 Å². The van der Waals surface area contributed by atoms with Crippen molar-refractivity contribution in [3.63, 3.8) is 0 Å². The lowest BCUT2D eigenvalue weighted by atomic mass is 10.0. The van der Waals surface area contributed by atoms with Gasteiger partial charge in [0.05, 0.1) is 17.8 Å². The maximum absolute atomic E-state index is 12.3. The normalized spacial score (nSPS) is 16.7. The second kappa shape index (κ2) is 5.81. The van der Waals surface area contributed by atoms with E-state index >= 15 is 0 Å². The molecule has 118 valence electrons. The van der Waals surface area contributed by atoms with Gasteiger partial charge in [0.25, 0.3) is 5.91 Å². The van der Waals surface area contributed by atoms with Crippen LogP contribution in [-0.2, 0) is 4.79 Å². The first kappa shape index (κ1) is 15.2. The molecule has 2 aromatic rings. The minimum absolute atomic E-state index is 0.0337. The van der Waals surface area contributed by atoms with Gasteiger partial charge < -0.3 is 21.1 Å². The monoisotopic (exact) mass is 331 g/mol. The summed E-state index contributed by atoms with van der Waals surface area (Å²) < 4.78 is 0. The fraction of sp³-hybridized carbons (Fsp3) is 0.125. The molecule has 0 unspecified atom stereocenters. The van der Waals surface area contributed by atoms with E-state index in [1.54, 1.807) is 35.2 Å². The Hall–Kier alpha value is -2.73. The minimum atomic E-state index is -0.747. The van der Waals surface area contributed by atoms with Gasteiger partial charge in [-0.1, -0.05) is 23.7 Å². The van der Waals surface area contributed by atoms with E-state index in [1.807, 2.05) is 0 Å². The van der Waals surface area contributed by atoms with Crippen molar-refractivity contribution >= 4 is 29.1 Å². The summed E-state index contributed by atoms with van der Waals surface area (Å²) in [5, 5.41) is 13.3. The smallest absolute Gasteiger partial charge is 0.255 e. The molecule has 6 nitrogen and oxygen atoms in total. The molecule has 7 heteroatoms. The fourth-order valence-electron chi connectivity index (χ4n) is 2.67. The topological polar surface area (TPSA) is 95.7 Å². The highest BCUT2D eigenvalue weighted by molar-refractivity contribution is 6.30. The van der Waals surface area contributed by atoms with Gasteiger partial charge in [0.1, 0.15) is 11.9 Å². The third kappa shape index (κ3) is 2.80. The largest absolute Gasteiger partial charge is 0.508 e. The van der Waals surface area contributed by atoms with E-state index in [-0.39, 0.29) is 18.2 Å². The maximum Gasteiger partial charge on any atom is 0.255 e. The number of anilines is 1. The number of primary amides is 1. The van der Waals surface area contributed by atoms with Crippen molar-refractivity contribution in [2.24, 2.45) is 5.73 Å². The van der Waals surface area contributed by atoms with Gasteiger partial charge in [0.2, 0.25) is 5.91 Å². The predicted octanol–water partition coefficient (Wildman–Crippen LogP) is 1.78. The van der Waals surface area contributed by atoms with Crippen LogP contribution in [0.4, 0.5) is 5.69 Å². The van der Waals surface area contributed by atoms with Gasteiger partial charge in [-0.05, 0) is 30.3 Å². The van der Waals surface area contributed by atoms with Crippen molar-refractivity contribution in [3.8, 4) is 5.75 Å². The number of aromatic hydroxyl groups is 1. The molecule has 1 atom stereocenters. The Kier molecular flexibility index (Phi) is 3.83. The number of carbonyl (C=O) groups is 2. The average molecular weight is 332 g/mol. The number of benzene rings is 2. The average Bonchev–Trinajstić information content (AvgIpc) is 2.52. The third-order valence-electron chi connectivity index (χ3n) is 3.65. The van der Waals surface area contributed by atoms with Crippen molar-refractivity contribution < 1.29 is 14.7 Å². The molecule has 1 heterocycles. The molecule has 0 spiro atoms. The van der Waals surface area contributed by atoms with Crippen LogP contribution >= 0.6 is 11.6 Å². The molecule has 3 rings (SSSR count). The third-order valence-corrected chi connectivity index (χ3v) is 3.88. The number of nitrogens with two attached hydrogens (primary N) is 1. The van der Waals surface area contributed by atoms with Crippen LogP contribution in [0.15, 0.2) is 42.5 Å². The highest BCUT2D eigenvalue weighted by atomic mass is 35.5. The van der Waals surface area contributed by atoms with Crippen molar-refractivity contribution in [2.75, 3.05) is 11.4 Å². The molecule has 0 saturated carbocycles. The molecule has 0 aromatic heterocycles. The molecule has 0 saturated heterocycles. The van der Waals surface area contributed by atoms with Crippen LogP contribution in [-0.4, -0.2) is 23.5 Å². The Morgan fingerprint density at radius 3 is 2.78 bits per heavy atom. The van der Waals surface area contributed by atoms with Crippen LogP contribution in [0.2, 0.25) is 5.02 Å². The van der Waals surface area contributed by atoms with E-state index < -0.39 is 12.1 Å². The summed E-state index contributed by atoms with van der Waals surface area (Å²) in [7, 11) is 0. The van der Waals surface area contributed by atoms with E-state index in [1.165, 1.54) is 12.1 Å². The number of phenolic OH excluding ortho intramolecular Hbond substituents is 1. The number of hydrogen-bond acceptors (Lipinski definition) is 4. The zero-order chi connectivity index (χ0) is 16.6. The zero-order valence-corrected chi connectivity index (χ0v) is 12.7. The number of hydrogen-bond donors (Lipinski definition) is 3. The number of fused-ring (bicyclic) bond motifs is 1. The van der Waals surface area contributed by atoms with Gasteiger partial charge in [-0.3, -0.25) is 9.59 Å². The predicted molar refractivity (Wildman–Crippen MR) is 86.3 cm³/mol. The van der Waals surface area contributed by atoms with E-state index in [9.17, 15) is 14.7 Å². The SMILES string of the molecule is NC(=O)CN1c2ccccc2C(=O)N[C@H]1c1cc(Cl)ccc1O. The molecule has 23 heavy (non-hydrogen) atoms. The molecule has 0 aliphatic carbocycles. The molecule has 0 radical (unpaired) electrons. The highest BCUT2D eigenvalue weighted by Gasteiger charge is 2.33. The molecule has 1 aliphatic rings. The van der Waals surface area contributed by atoms with E-state index in [0.717, 1.165) is 0 Å². The van der Waals surface area contributed by atoms with Gasteiger partial charge in [0, 0.05) is 10.6 Å². The van der Waals surface area contributed by atoms with Crippen molar-refractivity contribution in [1.82, 2.24) is 5.32 Å². The van der Waals surface area contributed by atoms with E-state index in [2.05, 4.69) is 5.32 Å². The summed E-state index contributed by atoms with van der Waals surface area (Å²) in [6.45, 7) is -0.117. The van der Waals surface area contributed by atoms with Gasteiger partial charge in [-0.15, -0.1) is 0 Å². The quantitative estimate of drug-likeness (QED) is 0.798. The minimum Gasteiger partial charge on any atom is -0.508 e. The maximum atomic E-state index is 12.3. The number of phenols is 1. The number of carbonyl (C=O) groups excluding carboxylic acids is 2. The summed E-state index contributed by atoms with van der Waals surface area (Å²) in [5.74, 6) is -0.887. The van der Waals surface area contributed by atoms with Crippen LogP contribution < -0.4 is 16.0 Å². The zero-order valence-electron chi connectivity index (χ0n) is 12.0. The first-order chi connectivity index (χ1) is 11.0. The van der Waals surface area contributed by atoms with Crippen molar-refractivity contribution in [3.05, 3.63) is 58.6 Å². The second-order valence-corrected chi connectivity index (χ2v) is 5.63. The number of amides is 2. The summed E-state index contributed by atoms with van der Waals surface area (Å²) in [4.78, 5) is 25.4. The Morgan fingerprint density at radius 1 is 1.30 bits per heavy atom. The molecular formula is C16H14ClN3O3. The first-order valence-corrected chi connectivity index (χ1v) is 7.28. The molecule has 2 amide bonds. The Bertz CT molecular complexity index is 794. The molecule has 1 aliphatic heterocycles. The Morgan fingerprint density at radius 2 is 2.04 bits per heavy atom. The summed E-state index contributed by atoms with van der Waals surface area (Å²) in [5.41, 5.74) is 6.74. The van der Waals surface area contributed by atoms with Crippen LogP contribution in [0.1, 0.15) is 22.1 Å². The van der Waals surface area contributed by atoms with Crippen LogP contribution in [0.3, 0.4) is 0 Å². The number of para-hydroxylation sites is 1. The molecular weight excluding hydrogens is 318 g/mol. The first-order valence-electron chi connectivity index (χ1n) is 6.90. The van der Waals surface area contributed by atoms with Gasteiger partial charge in [0.15, 0.2) is 0 Å². The number of nitrogens with one attached hydrogen (secondary N) is 1. The standard InChI is InChI=1S/C16H14ClN3O3/c17-9-5-6-13(21)11(7-9)15-19-16(23)10-3-1-2-4-12(10)20(15)8-14(18)22/h1-7,15,21H,8H2,(H2,18,22)(H,19,23)/t15-/m1/s1. The highest BCUT2D eigenvalue weighted by Crippen LogP contribution is 2.36. The number of halogens is 1. The lowest BCUT2D eigenvalue weighted by molar-refractivity contribution is -0.116. The van der Waals surface area contributed by atoms with Crippen LogP contribution in [0.5, 0.6) is 5.75 Å². The molecule has 0 bridgehead atoms. The van der Waals surface area contributed by atoms with Gasteiger partial charge >= 0.3 is 0 Å². The summed E-state index contributed by atoms with van der Waals surface area (Å²) >= 11 is 5.99. The summed E-state index contributed by atoms with van der Waals surface area (Å²) in [6, 6.07) is 11.4.